The van der Waals surface area contributed by atoms with Crippen LogP contribution in [-0.2, 0) is 28.9 Å². The molecule has 1 aliphatic carbocycles. The highest BCUT2D eigenvalue weighted by Crippen LogP contribution is 2.30. The van der Waals surface area contributed by atoms with E-state index in [1.54, 1.807) is 13.4 Å². The zero-order valence-electron chi connectivity index (χ0n) is 13.7. The maximum Gasteiger partial charge on any atom is 0.411 e. The zero-order chi connectivity index (χ0) is 16.8. The minimum atomic E-state index is -0.435. The van der Waals surface area contributed by atoms with Gasteiger partial charge in [-0.1, -0.05) is 42.5 Å². The second kappa shape index (κ2) is 7.68. The van der Waals surface area contributed by atoms with Gasteiger partial charge in [-0.15, -0.1) is 0 Å². The van der Waals surface area contributed by atoms with E-state index in [0.29, 0.717) is 0 Å². The SMILES string of the molecule is CO/C=C1\CCc2cccc(NC(=O)OCc3ccccc3)c2C1. The van der Waals surface area contributed by atoms with E-state index in [0.717, 1.165) is 36.1 Å². The number of anilines is 1. The first-order valence-electron chi connectivity index (χ1n) is 8.05. The molecule has 0 aromatic heterocycles. The molecule has 24 heavy (non-hydrogen) atoms. The van der Waals surface area contributed by atoms with Crippen LogP contribution in [0, 0.1) is 0 Å². The van der Waals surface area contributed by atoms with Gasteiger partial charge in [0.1, 0.15) is 6.61 Å². The Morgan fingerprint density at radius 2 is 1.96 bits per heavy atom. The van der Waals surface area contributed by atoms with Crippen molar-refractivity contribution in [2.75, 3.05) is 12.4 Å². The number of methoxy groups -OCH3 is 1. The molecule has 1 N–H and O–H groups in total. The normalized spacial score (nSPS) is 14.8. The molecule has 2 aromatic rings. The molecule has 2 aromatic carbocycles. The summed E-state index contributed by atoms with van der Waals surface area (Å²) in [6.07, 6.45) is 4.10. The lowest BCUT2D eigenvalue weighted by Gasteiger charge is -2.21. The van der Waals surface area contributed by atoms with E-state index in [-0.39, 0.29) is 6.61 Å². The van der Waals surface area contributed by atoms with Crippen LogP contribution in [0.3, 0.4) is 0 Å². The molecule has 124 valence electrons. The quantitative estimate of drug-likeness (QED) is 0.845. The maximum absolute atomic E-state index is 12.1. The Morgan fingerprint density at radius 1 is 1.12 bits per heavy atom. The van der Waals surface area contributed by atoms with Crippen LogP contribution >= 0.6 is 0 Å². The fraction of sp³-hybridized carbons (Fsp3) is 0.250. The second-order valence-electron chi connectivity index (χ2n) is 5.82. The number of rotatable bonds is 4. The van der Waals surface area contributed by atoms with Gasteiger partial charge in [0.15, 0.2) is 0 Å². The summed E-state index contributed by atoms with van der Waals surface area (Å²) in [5.74, 6) is 0. The molecule has 0 unspecified atom stereocenters. The van der Waals surface area contributed by atoms with Gasteiger partial charge in [-0.25, -0.2) is 4.79 Å². The van der Waals surface area contributed by atoms with Gasteiger partial charge in [0, 0.05) is 5.69 Å². The van der Waals surface area contributed by atoms with Gasteiger partial charge in [-0.2, -0.15) is 0 Å². The average Bonchev–Trinajstić information content (AvgIpc) is 2.62. The number of amides is 1. The summed E-state index contributed by atoms with van der Waals surface area (Å²) >= 11 is 0. The molecule has 0 radical (unpaired) electrons. The molecule has 0 fully saturated rings. The fourth-order valence-electron chi connectivity index (χ4n) is 2.94. The van der Waals surface area contributed by atoms with E-state index >= 15 is 0 Å². The first-order valence-corrected chi connectivity index (χ1v) is 8.05. The van der Waals surface area contributed by atoms with Crippen LogP contribution < -0.4 is 5.32 Å². The van der Waals surface area contributed by atoms with E-state index in [2.05, 4.69) is 11.4 Å². The Hall–Kier alpha value is -2.75. The molecule has 4 heteroatoms. The van der Waals surface area contributed by atoms with Crippen molar-refractivity contribution < 1.29 is 14.3 Å². The topological polar surface area (TPSA) is 47.6 Å². The number of nitrogens with one attached hydrogen (secondary N) is 1. The summed E-state index contributed by atoms with van der Waals surface area (Å²) in [5, 5.41) is 2.87. The molecule has 0 saturated heterocycles. The van der Waals surface area contributed by atoms with Crippen LogP contribution in [0.25, 0.3) is 0 Å². The number of benzene rings is 2. The van der Waals surface area contributed by atoms with Gasteiger partial charge in [0.25, 0.3) is 0 Å². The summed E-state index contributed by atoms with van der Waals surface area (Å²) in [6, 6.07) is 15.6. The van der Waals surface area contributed by atoms with E-state index in [1.165, 1.54) is 11.1 Å². The molecule has 0 bridgehead atoms. The number of allylic oxidation sites excluding steroid dienone is 1. The fourth-order valence-corrected chi connectivity index (χ4v) is 2.94. The monoisotopic (exact) mass is 323 g/mol. The molecule has 0 spiro atoms. The third-order valence-corrected chi connectivity index (χ3v) is 4.13. The van der Waals surface area contributed by atoms with Gasteiger partial charge in [0.05, 0.1) is 13.4 Å². The van der Waals surface area contributed by atoms with Crippen molar-refractivity contribution in [3.05, 3.63) is 77.1 Å². The number of ether oxygens (including phenoxy) is 2. The molecule has 0 aliphatic heterocycles. The molecule has 4 nitrogen and oxygen atoms in total. The first-order chi connectivity index (χ1) is 11.8. The van der Waals surface area contributed by atoms with Crippen molar-refractivity contribution >= 4 is 11.8 Å². The van der Waals surface area contributed by atoms with Gasteiger partial charge < -0.3 is 9.47 Å². The molecule has 1 aliphatic rings. The van der Waals surface area contributed by atoms with Crippen molar-refractivity contribution in [3.63, 3.8) is 0 Å². The van der Waals surface area contributed by atoms with Crippen LogP contribution in [0.2, 0.25) is 0 Å². The predicted molar refractivity (Wildman–Crippen MR) is 93.8 cm³/mol. The summed E-state index contributed by atoms with van der Waals surface area (Å²) < 4.78 is 10.4. The summed E-state index contributed by atoms with van der Waals surface area (Å²) in [6.45, 7) is 0.260. The standard InChI is InChI=1S/C20H21NO3/c1-23-13-16-10-11-17-8-5-9-19(18(17)12-16)21-20(22)24-14-15-6-3-2-4-7-15/h2-9,13H,10-12,14H2,1H3,(H,21,22)/b16-13+. The average molecular weight is 323 g/mol. The summed E-state index contributed by atoms with van der Waals surface area (Å²) in [4.78, 5) is 12.1. The Morgan fingerprint density at radius 3 is 2.75 bits per heavy atom. The second-order valence-corrected chi connectivity index (χ2v) is 5.82. The highest BCUT2D eigenvalue weighted by Gasteiger charge is 2.18. The van der Waals surface area contributed by atoms with Crippen LogP contribution in [0.15, 0.2) is 60.4 Å². The lowest BCUT2D eigenvalue weighted by molar-refractivity contribution is 0.155. The zero-order valence-corrected chi connectivity index (χ0v) is 13.7. The molecular weight excluding hydrogens is 302 g/mol. The number of aryl methyl sites for hydroxylation is 1. The number of hydrogen-bond acceptors (Lipinski definition) is 3. The number of carbonyl (C=O) groups excluding carboxylic acids is 1. The van der Waals surface area contributed by atoms with Crippen LogP contribution in [0.4, 0.5) is 10.5 Å². The molecule has 0 saturated carbocycles. The molecule has 3 rings (SSSR count). The maximum atomic E-state index is 12.1. The van der Waals surface area contributed by atoms with Crippen molar-refractivity contribution in [1.82, 2.24) is 0 Å². The molecule has 0 atom stereocenters. The van der Waals surface area contributed by atoms with Crippen LogP contribution in [0.1, 0.15) is 23.1 Å². The Balaban J connectivity index is 1.67. The van der Waals surface area contributed by atoms with Gasteiger partial charge >= 0.3 is 6.09 Å². The van der Waals surface area contributed by atoms with Crippen molar-refractivity contribution in [2.45, 2.75) is 25.9 Å². The van der Waals surface area contributed by atoms with E-state index in [1.807, 2.05) is 42.5 Å². The van der Waals surface area contributed by atoms with Crippen LogP contribution in [-0.4, -0.2) is 13.2 Å². The lowest BCUT2D eigenvalue weighted by Crippen LogP contribution is -2.17. The summed E-state index contributed by atoms with van der Waals surface area (Å²) in [7, 11) is 1.66. The van der Waals surface area contributed by atoms with Gasteiger partial charge in [-0.05, 0) is 47.6 Å². The third kappa shape index (κ3) is 3.96. The molecular formula is C20H21NO3. The Kier molecular flexibility index (Phi) is 5.16. The van der Waals surface area contributed by atoms with Gasteiger partial charge in [-0.3, -0.25) is 5.32 Å². The van der Waals surface area contributed by atoms with Crippen LogP contribution in [0.5, 0.6) is 0 Å². The van der Waals surface area contributed by atoms with E-state index in [4.69, 9.17) is 9.47 Å². The predicted octanol–water partition coefficient (Wildman–Crippen LogP) is 4.45. The molecule has 1 amide bonds. The van der Waals surface area contributed by atoms with E-state index in [9.17, 15) is 4.79 Å². The molecule has 0 heterocycles. The largest absolute Gasteiger partial charge is 0.504 e. The first kappa shape index (κ1) is 16.1. The summed E-state index contributed by atoms with van der Waals surface area (Å²) in [5.41, 5.74) is 5.42. The van der Waals surface area contributed by atoms with Crippen molar-refractivity contribution in [1.29, 1.82) is 0 Å². The Bertz CT molecular complexity index is 738. The van der Waals surface area contributed by atoms with Crippen molar-refractivity contribution in [3.8, 4) is 0 Å². The lowest BCUT2D eigenvalue weighted by atomic mass is 9.87. The smallest absolute Gasteiger partial charge is 0.411 e. The minimum absolute atomic E-state index is 0.260. The highest BCUT2D eigenvalue weighted by molar-refractivity contribution is 5.86. The van der Waals surface area contributed by atoms with E-state index < -0.39 is 6.09 Å². The number of hydrogen-bond donors (Lipinski definition) is 1. The number of carbonyl (C=O) groups is 1. The third-order valence-electron chi connectivity index (χ3n) is 4.13. The minimum Gasteiger partial charge on any atom is -0.504 e. The number of fused-ring (bicyclic) bond motifs is 1. The highest BCUT2D eigenvalue weighted by atomic mass is 16.5. The van der Waals surface area contributed by atoms with Gasteiger partial charge in [0.2, 0.25) is 0 Å². The Labute approximate surface area is 142 Å². The van der Waals surface area contributed by atoms with Crippen molar-refractivity contribution in [2.24, 2.45) is 0 Å².